The number of hydrogen-bond acceptors (Lipinski definition) is 5. The average Bonchev–Trinajstić information content (AvgIpc) is 3.07. The molecule has 0 N–H and O–H groups in total. The molecular formula is C26H29FN2O5. The first-order valence-corrected chi connectivity index (χ1v) is 11.4. The van der Waals surface area contributed by atoms with Crippen LogP contribution in [-0.4, -0.2) is 61.4 Å². The molecular weight excluding hydrogens is 439 g/mol. The van der Waals surface area contributed by atoms with E-state index in [0.717, 1.165) is 17.7 Å². The Labute approximate surface area is 198 Å². The van der Waals surface area contributed by atoms with Crippen LogP contribution < -0.4 is 9.47 Å². The number of likely N-dealkylation sites (N-methyl/N-ethyl adjacent to an activating group) is 1. The highest BCUT2D eigenvalue weighted by Gasteiger charge is 2.53. The number of piperidine rings is 1. The van der Waals surface area contributed by atoms with Gasteiger partial charge in [-0.25, -0.2) is 4.39 Å². The molecule has 2 atom stereocenters. The number of hydrogen-bond donors (Lipinski definition) is 0. The Kier molecular flexibility index (Phi) is 6.86. The maximum Gasteiger partial charge on any atom is 0.240 e. The number of benzene rings is 2. The Balaban J connectivity index is 1.48. The number of para-hydroxylation sites is 1. The van der Waals surface area contributed by atoms with Gasteiger partial charge in [-0.2, -0.15) is 0 Å². The lowest BCUT2D eigenvalue weighted by molar-refractivity contribution is -0.142. The molecule has 8 heteroatoms. The highest BCUT2D eigenvalue weighted by Crippen LogP contribution is 2.40. The zero-order valence-electron chi connectivity index (χ0n) is 19.5. The molecule has 0 aliphatic carbocycles. The van der Waals surface area contributed by atoms with Crippen molar-refractivity contribution >= 4 is 17.7 Å². The number of likely N-dealkylation sites (tertiary alicyclic amines) is 2. The summed E-state index contributed by atoms with van der Waals surface area (Å²) in [5, 5.41) is 0. The van der Waals surface area contributed by atoms with Gasteiger partial charge in [0.15, 0.2) is 11.6 Å². The summed E-state index contributed by atoms with van der Waals surface area (Å²) in [4.78, 5) is 41.9. The van der Waals surface area contributed by atoms with Crippen LogP contribution in [0.4, 0.5) is 4.39 Å². The van der Waals surface area contributed by atoms with Crippen LogP contribution >= 0.6 is 0 Å². The van der Waals surface area contributed by atoms with Gasteiger partial charge >= 0.3 is 0 Å². The van der Waals surface area contributed by atoms with Crippen molar-refractivity contribution in [3.8, 4) is 11.5 Å². The second-order valence-electron chi connectivity index (χ2n) is 9.01. The monoisotopic (exact) mass is 468 g/mol. The lowest BCUT2D eigenvalue weighted by Gasteiger charge is -2.35. The molecule has 180 valence electrons. The predicted molar refractivity (Wildman–Crippen MR) is 123 cm³/mol. The summed E-state index contributed by atoms with van der Waals surface area (Å²) in [7, 11) is 3.01. The minimum Gasteiger partial charge on any atom is -0.497 e. The molecule has 2 aliphatic rings. The molecule has 4 rings (SSSR count). The Morgan fingerprint density at radius 3 is 2.53 bits per heavy atom. The van der Waals surface area contributed by atoms with Crippen LogP contribution in [-0.2, 0) is 19.8 Å². The minimum atomic E-state index is -1.23. The molecule has 34 heavy (non-hydrogen) atoms. The highest BCUT2D eigenvalue weighted by atomic mass is 19.1. The van der Waals surface area contributed by atoms with E-state index in [9.17, 15) is 18.8 Å². The fraction of sp³-hybridized carbons (Fsp3) is 0.423. The number of nitrogens with zero attached hydrogens (tertiary/aromatic N) is 2. The van der Waals surface area contributed by atoms with Gasteiger partial charge in [0.1, 0.15) is 5.75 Å². The van der Waals surface area contributed by atoms with E-state index in [1.54, 1.807) is 54.5 Å². The van der Waals surface area contributed by atoms with Crippen molar-refractivity contribution < 1.29 is 28.2 Å². The van der Waals surface area contributed by atoms with Crippen LogP contribution in [0.2, 0.25) is 0 Å². The van der Waals surface area contributed by atoms with Crippen LogP contribution in [0.15, 0.2) is 48.5 Å². The van der Waals surface area contributed by atoms with Crippen LogP contribution in [0.3, 0.4) is 0 Å². The highest BCUT2D eigenvalue weighted by molar-refractivity contribution is 6.10. The van der Waals surface area contributed by atoms with Gasteiger partial charge in [0.25, 0.3) is 0 Å². The number of halogens is 1. The first kappa shape index (κ1) is 23.7. The molecule has 0 saturated carbocycles. The fourth-order valence-corrected chi connectivity index (χ4v) is 4.83. The Bertz CT molecular complexity index is 1070. The van der Waals surface area contributed by atoms with E-state index in [1.165, 1.54) is 13.1 Å². The van der Waals surface area contributed by atoms with Gasteiger partial charge < -0.3 is 14.4 Å². The van der Waals surface area contributed by atoms with Gasteiger partial charge in [0.05, 0.1) is 19.1 Å². The standard InChI is InChI=1S/C26H29FN2O5/c1-28-23(30)14-26(25(28)32,19-9-11-20(33-2)12-10-19)15-24(31)29-13-5-6-18(16-29)17-34-22-8-4-3-7-21(22)27/h3-4,7-12,18H,5-6,13-17H2,1-2H3/t18-,26-/m0/s1. The lowest BCUT2D eigenvalue weighted by atomic mass is 9.75. The minimum absolute atomic E-state index is 0.0476. The molecule has 0 aromatic heterocycles. The number of imide groups is 1. The van der Waals surface area contributed by atoms with E-state index in [0.29, 0.717) is 31.0 Å². The summed E-state index contributed by atoms with van der Waals surface area (Å²) < 4.78 is 24.7. The van der Waals surface area contributed by atoms with Gasteiger partial charge in [-0.3, -0.25) is 19.3 Å². The molecule has 2 aromatic carbocycles. The van der Waals surface area contributed by atoms with Crippen LogP contribution in [0, 0.1) is 11.7 Å². The number of amides is 3. The summed E-state index contributed by atoms with van der Waals surface area (Å²) in [6, 6.07) is 13.2. The van der Waals surface area contributed by atoms with Gasteiger partial charge in [-0.15, -0.1) is 0 Å². The molecule has 0 radical (unpaired) electrons. The van der Waals surface area contributed by atoms with Gasteiger partial charge in [0, 0.05) is 38.9 Å². The number of carbonyl (C=O) groups excluding carboxylic acids is 3. The summed E-state index contributed by atoms with van der Waals surface area (Å²) in [6.45, 7) is 1.34. The van der Waals surface area contributed by atoms with Crippen molar-refractivity contribution in [1.82, 2.24) is 9.80 Å². The van der Waals surface area contributed by atoms with Crippen LogP contribution in [0.5, 0.6) is 11.5 Å². The van der Waals surface area contributed by atoms with Gasteiger partial charge in [-0.05, 0) is 42.7 Å². The van der Waals surface area contributed by atoms with E-state index < -0.39 is 11.2 Å². The van der Waals surface area contributed by atoms with E-state index in [1.807, 2.05) is 0 Å². The number of rotatable bonds is 7. The number of ether oxygens (including phenoxy) is 2. The fourth-order valence-electron chi connectivity index (χ4n) is 4.83. The molecule has 0 spiro atoms. The van der Waals surface area contributed by atoms with Crippen molar-refractivity contribution in [3.63, 3.8) is 0 Å². The second-order valence-corrected chi connectivity index (χ2v) is 9.01. The third-order valence-corrected chi connectivity index (χ3v) is 6.82. The quantitative estimate of drug-likeness (QED) is 0.584. The third-order valence-electron chi connectivity index (χ3n) is 6.82. The van der Waals surface area contributed by atoms with Gasteiger partial charge in [0.2, 0.25) is 17.7 Å². The first-order chi connectivity index (χ1) is 16.3. The normalized spacial score (nSPS) is 22.7. The van der Waals surface area contributed by atoms with Crippen LogP contribution in [0.1, 0.15) is 31.2 Å². The molecule has 0 unspecified atom stereocenters. The smallest absolute Gasteiger partial charge is 0.240 e. The molecule has 2 heterocycles. The maximum absolute atomic E-state index is 13.9. The lowest BCUT2D eigenvalue weighted by Crippen LogP contribution is -2.46. The van der Waals surface area contributed by atoms with Crippen LogP contribution in [0.25, 0.3) is 0 Å². The molecule has 2 aliphatic heterocycles. The molecule has 2 fully saturated rings. The van der Waals surface area contributed by atoms with Gasteiger partial charge in [-0.1, -0.05) is 24.3 Å². The zero-order chi connectivity index (χ0) is 24.3. The summed E-state index contributed by atoms with van der Waals surface area (Å²) >= 11 is 0. The van der Waals surface area contributed by atoms with Crippen molar-refractivity contribution in [1.29, 1.82) is 0 Å². The third kappa shape index (κ3) is 4.62. The average molecular weight is 469 g/mol. The first-order valence-electron chi connectivity index (χ1n) is 11.4. The Morgan fingerprint density at radius 1 is 1.15 bits per heavy atom. The van der Waals surface area contributed by atoms with E-state index in [4.69, 9.17) is 9.47 Å². The molecule has 3 amide bonds. The van der Waals surface area contributed by atoms with Crippen molar-refractivity contribution in [2.45, 2.75) is 31.1 Å². The second kappa shape index (κ2) is 9.83. The largest absolute Gasteiger partial charge is 0.497 e. The summed E-state index contributed by atoms with van der Waals surface area (Å²) in [5.41, 5.74) is -0.605. The predicted octanol–water partition coefficient (Wildman–Crippen LogP) is 3.17. The number of methoxy groups -OCH3 is 1. The summed E-state index contributed by atoms with van der Waals surface area (Å²) in [6.07, 6.45) is 1.52. The summed E-state index contributed by atoms with van der Waals surface area (Å²) in [5.74, 6) is -0.385. The Morgan fingerprint density at radius 2 is 1.88 bits per heavy atom. The molecule has 2 aromatic rings. The number of carbonyl (C=O) groups is 3. The van der Waals surface area contributed by atoms with E-state index in [2.05, 4.69) is 0 Å². The zero-order valence-corrected chi connectivity index (χ0v) is 19.5. The van der Waals surface area contributed by atoms with Crippen molar-refractivity contribution in [2.24, 2.45) is 5.92 Å². The molecule has 2 saturated heterocycles. The van der Waals surface area contributed by atoms with E-state index >= 15 is 0 Å². The molecule has 7 nitrogen and oxygen atoms in total. The van der Waals surface area contributed by atoms with Crippen molar-refractivity contribution in [2.75, 3.05) is 33.9 Å². The maximum atomic E-state index is 13.9. The molecule has 0 bridgehead atoms. The Hall–Kier alpha value is -3.42. The SMILES string of the molecule is COc1ccc([C@@]2(CC(=O)N3CCC[C@H](COc4ccccc4F)C3)CC(=O)N(C)C2=O)cc1. The van der Waals surface area contributed by atoms with E-state index in [-0.39, 0.29) is 42.2 Å². The van der Waals surface area contributed by atoms with Crippen molar-refractivity contribution in [3.05, 3.63) is 59.9 Å². The topological polar surface area (TPSA) is 76.2 Å².